The zero-order valence-corrected chi connectivity index (χ0v) is 10.4. The maximum absolute atomic E-state index is 10.9. The van der Waals surface area contributed by atoms with Gasteiger partial charge in [-0.1, -0.05) is 0 Å². The van der Waals surface area contributed by atoms with Crippen LogP contribution >= 0.6 is 0 Å². The van der Waals surface area contributed by atoms with E-state index in [1.807, 2.05) is 6.92 Å². The lowest BCUT2D eigenvalue weighted by molar-refractivity contribution is -0.148. The largest absolute Gasteiger partial charge is 0.464 e. The third-order valence-corrected chi connectivity index (χ3v) is 1.96. The molecule has 0 heterocycles. The third kappa shape index (κ3) is 9.89. The molecule has 2 N–H and O–H groups in total. The summed E-state index contributed by atoms with van der Waals surface area (Å²) in [5.74, 6) is -0.334. The maximum atomic E-state index is 10.9. The number of nitrogens with one attached hydrogen (secondary N) is 1. The van der Waals surface area contributed by atoms with Gasteiger partial charge in [-0.25, -0.2) is 4.79 Å². The van der Waals surface area contributed by atoms with Crippen molar-refractivity contribution in [3.63, 3.8) is 0 Å². The quantitative estimate of drug-likeness (QED) is 0.443. The second kappa shape index (κ2) is 9.57. The van der Waals surface area contributed by atoms with Gasteiger partial charge in [0.15, 0.2) is 0 Å². The molecule has 0 rings (SSSR count). The predicted molar refractivity (Wildman–Crippen MR) is 61.2 cm³/mol. The first kappa shape index (κ1) is 15.3. The van der Waals surface area contributed by atoms with Gasteiger partial charge in [-0.3, -0.25) is 0 Å². The van der Waals surface area contributed by atoms with Crippen LogP contribution < -0.4 is 5.32 Å². The van der Waals surface area contributed by atoms with Crippen molar-refractivity contribution >= 4 is 5.97 Å². The zero-order valence-electron chi connectivity index (χ0n) is 10.4. The van der Waals surface area contributed by atoms with Crippen molar-refractivity contribution in [3.05, 3.63) is 0 Å². The van der Waals surface area contributed by atoms with Crippen LogP contribution in [0.2, 0.25) is 0 Å². The second-order valence-corrected chi connectivity index (χ2v) is 3.80. The lowest BCUT2D eigenvalue weighted by Crippen LogP contribution is -2.32. The van der Waals surface area contributed by atoms with Gasteiger partial charge in [0.05, 0.1) is 19.3 Å². The summed E-state index contributed by atoms with van der Waals surface area (Å²) in [5.41, 5.74) is 0. The van der Waals surface area contributed by atoms with Crippen molar-refractivity contribution in [2.45, 2.75) is 39.3 Å². The first-order valence-corrected chi connectivity index (χ1v) is 5.71. The highest BCUT2D eigenvalue weighted by Gasteiger charge is 2.05. The summed E-state index contributed by atoms with van der Waals surface area (Å²) in [6.07, 6.45) is 0.403. The van der Waals surface area contributed by atoms with Crippen LogP contribution in [0.1, 0.15) is 27.2 Å². The SMILES string of the molecule is CCOC(=O)COCCNC(C)CC(C)O. The molecule has 0 spiro atoms. The summed E-state index contributed by atoms with van der Waals surface area (Å²) in [4.78, 5) is 10.9. The molecule has 0 aromatic heterocycles. The molecule has 0 radical (unpaired) electrons. The minimum absolute atomic E-state index is 0.000301. The van der Waals surface area contributed by atoms with Crippen LogP contribution in [0.15, 0.2) is 0 Å². The van der Waals surface area contributed by atoms with Gasteiger partial charge >= 0.3 is 5.97 Å². The zero-order chi connectivity index (χ0) is 12.4. The average molecular weight is 233 g/mol. The van der Waals surface area contributed by atoms with E-state index >= 15 is 0 Å². The Morgan fingerprint density at radius 1 is 1.44 bits per heavy atom. The molecule has 0 aliphatic heterocycles. The molecule has 0 bridgehead atoms. The Morgan fingerprint density at radius 2 is 2.12 bits per heavy atom. The van der Waals surface area contributed by atoms with Crippen molar-refractivity contribution in [1.82, 2.24) is 5.32 Å². The van der Waals surface area contributed by atoms with Crippen molar-refractivity contribution in [2.75, 3.05) is 26.4 Å². The van der Waals surface area contributed by atoms with Crippen molar-refractivity contribution in [1.29, 1.82) is 0 Å². The number of hydrogen-bond acceptors (Lipinski definition) is 5. The normalized spacial score (nSPS) is 14.5. The van der Waals surface area contributed by atoms with Crippen LogP contribution in [0.3, 0.4) is 0 Å². The van der Waals surface area contributed by atoms with E-state index in [4.69, 9.17) is 14.6 Å². The molecule has 5 nitrogen and oxygen atoms in total. The number of carbonyl (C=O) groups is 1. The number of hydrogen-bond donors (Lipinski definition) is 2. The topological polar surface area (TPSA) is 67.8 Å². The minimum Gasteiger partial charge on any atom is -0.464 e. The van der Waals surface area contributed by atoms with Gasteiger partial charge in [-0.15, -0.1) is 0 Å². The van der Waals surface area contributed by atoms with Gasteiger partial charge in [-0.05, 0) is 27.2 Å². The van der Waals surface area contributed by atoms with E-state index in [2.05, 4.69) is 5.32 Å². The molecule has 0 aliphatic carbocycles. The maximum Gasteiger partial charge on any atom is 0.332 e. The molecule has 2 atom stereocenters. The first-order valence-electron chi connectivity index (χ1n) is 5.71. The number of ether oxygens (including phenoxy) is 2. The Balaban J connectivity index is 3.29. The lowest BCUT2D eigenvalue weighted by Gasteiger charge is -2.15. The van der Waals surface area contributed by atoms with Gasteiger partial charge in [0, 0.05) is 12.6 Å². The van der Waals surface area contributed by atoms with Gasteiger partial charge in [0.1, 0.15) is 6.61 Å². The highest BCUT2D eigenvalue weighted by Crippen LogP contribution is 1.95. The van der Waals surface area contributed by atoms with E-state index < -0.39 is 0 Å². The van der Waals surface area contributed by atoms with E-state index in [1.165, 1.54) is 0 Å². The molecule has 96 valence electrons. The summed E-state index contributed by atoms with van der Waals surface area (Å²) in [5, 5.41) is 12.3. The molecule has 0 amide bonds. The number of aliphatic hydroxyl groups is 1. The third-order valence-electron chi connectivity index (χ3n) is 1.96. The van der Waals surface area contributed by atoms with Crippen LogP contribution in [-0.4, -0.2) is 49.6 Å². The number of carbonyl (C=O) groups excluding carboxylic acids is 1. The van der Waals surface area contributed by atoms with Crippen molar-refractivity contribution < 1.29 is 19.4 Å². The Bertz CT molecular complexity index is 185. The Kier molecular flexibility index (Phi) is 9.18. The van der Waals surface area contributed by atoms with Gasteiger partial charge in [-0.2, -0.15) is 0 Å². The molecule has 5 heteroatoms. The van der Waals surface area contributed by atoms with Gasteiger partial charge in [0.2, 0.25) is 0 Å². The van der Waals surface area contributed by atoms with E-state index in [0.29, 0.717) is 26.2 Å². The average Bonchev–Trinajstić information content (AvgIpc) is 2.16. The van der Waals surface area contributed by atoms with Crippen LogP contribution in [0.5, 0.6) is 0 Å². The second-order valence-electron chi connectivity index (χ2n) is 3.80. The summed E-state index contributed by atoms with van der Waals surface area (Å²) in [7, 11) is 0. The fourth-order valence-corrected chi connectivity index (χ4v) is 1.33. The summed E-state index contributed by atoms with van der Waals surface area (Å²) in [6.45, 7) is 7.02. The molecular formula is C11H23NO4. The van der Waals surface area contributed by atoms with Crippen molar-refractivity contribution in [3.8, 4) is 0 Å². The van der Waals surface area contributed by atoms with Crippen LogP contribution in [0.25, 0.3) is 0 Å². The highest BCUT2D eigenvalue weighted by molar-refractivity contribution is 5.70. The molecule has 16 heavy (non-hydrogen) atoms. The molecule has 0 aromatic carbocycles. The van der Waals surface area contributed by atoms with Crippen LogP contribution in [-0.2, 0) is 14.3 Å². The van der Waals surface area contributed by atoms with E-state index in [-0.39, 0.29) is 24.7 Å². The Morgan fingerprint density at radius 3 is 2.69 bits per heavy atom. The number of aliphatic hydroxyl groups excluding tert-OH is 1. The molecule has 0 saturated heterocycles. The van der Waals surface area contributed by atoms with E-state index in [0.717, 1.165) is 0 Å². The molecule has 0 fully saturated rings. The smallest absolute Gasteiger partial charge is 0.332 e. The molecule has 0 aliphatic rings. The molecular weight excluding hydrogens is 210 g/mol. The fourth-order valence-electron chi connectivity index (χ4n) is 1.33. The Labute approximate surface area is 97.1 Å². The number of rotatable bonds is 9. The summed E-state index contributed by atoms with van der Waals surface area (Å²) < 4.78 is 9.81. The molecule has 0 saturated carbocycles. The van der Waals surface area contributed by atoms with Gasteiger partial charge < -0.3 is 19.9 Å². The summed E-state index contributed by atoms with van der Waals surface area (Å²) >= 11 is 0. The summed E-state index contributed by atoms with van der Waals surface area (Å²) in [6, 6.07) is 0.242. The van der Waals surface area contributed by atoms with E-state index in [1.54, 1.807) is 13.8 Å². The van der Waals surface area contributed by atoms with Crippen molar-refractivity contribution in [2.24, 2.45) is 0 Å². The minimum atomic E-state index is -0.334. The number of esters is 1. The van der Waals surface area contributed by atoms with E-state index in [9.17, 15) is 4.79 Å². The van der Waals surface area contributed by atoms with Crippen LogP contribution in [0.4, 0.5) is 0 Å². The van der Waals surface area contributed by atoms with Gasteiger partial charge in [0.25, 0.3) is 0 Å². The molecule has 2 unspecified atom stereocenters. The highest BCUT2D eigenvalue weighted by atomic mass is 16.6. The van der Waals surface area contributed by atoms with Crippen LogP contribution in [0, 0.1) is 0 Å². The fraction of sp³-hybridized carbons (Fsp3) is 0.909. The monoisotopic (exact) mass is 233 g/mol. The lowest BCUT2D eigenvalue weighted by atomic mass is 10.1. The standard InChI is InChI=1S/C11H23NO4/c1-4-16-11(14)8-15-6-5-12-9(2)7-10(3)13/h9-10,12-13H,4-8H2,1-3H3. The first-order chi connectivity index (χ1) is 7.56. The Hall–Kier alpha value is -0.650. The molecule has 0 aromatic rings. The predicted octanol–water partition coefficient (Wildman–Crippen LogP) is 0.315.